The fourth-order valence-corrected chi connectivity index (χ4v) is 3.59. The van der Waals surface area contributed by atoms with Gasteiger partial charge in [-0.3, -0.25) is 4.68 Å². The summed E-state index contributed by atoms with van der Waals surface area (Å²) < 4.78 is 58.4. The highest BCUT2D eigenvalue weighted by molar-refractivity contribution is 5.87. The molecule has 1 aliphatic rings. The Morgan fingerprint density at radius 2 is 2.00 bits per heavy atom. The van der Waals surface area contributed by atoms with Crippen LogP contribution in [0.25, 0.3) is 22.2 Å². The number of hydrogen-bond acceptors (Lipinski definition) is 5. The first-order valence-corrected chi connectivity index (χ1v) is 9.15. The lowest BCUT2D eigenvalue weighted by Gasteiger charge is -2.18. The van der Waals surface area contributed by atoms with Gasteiger partial charge in [-0.15, -0.1) is 0 Å². The van der Waals surface area contributed by atoms with Gasteiger partial charge in [-0.05, 0) is 25.8 Å². The van der Waals surface area contributed by atoms with Crippen molar-refractivity contribution >= 4 is 16.7 Å². The molecule has 3 aromatic rings. The van der Waals surface area contributed by atoms with Crippen LogP contribution in [0.3, 0.4) is 0 Å². The molecule has 1 unspecified atom stereocenters. The topological polar surface area (TPSA) is 89.8 Å². The van der Waals surface area contributed by atoms with Crippen LogP contribution in [0.1, 0.15) is 48.7 Å². The van der Waals surface area contributed by atoms with Crippen molar-refractivity contribution in [3.05, 3.63) is 35.0 Å². The SMILES string of the molecule is Cc1nc(N)cc(-c2nc(C(C)CO)c3cnn(C4CC4)c3c2F)c1C(F)(F)F. The number of anilines is 1. The average molecular weight is 409 g/mol. The van der Waals surface area contributed by atoms with E-state index in [9.17, 15) is 18.3 Å². The summed E-state index contributed by atoms with van der Waals surface area (Å²) in [7, 11) is 0. The Labute approximate surface area is 163 Å². The Morgan fingerprint density at radius 3 is 2.59 bits per heavy atom. The number of fused-ring (bicyclic) bond motifs is 1. The molecule has 0 spiro atoms. The molecule has 3 heterocycles. The summed E-state index contributed by atoms with van der Waals surface area (Å²) in [6.45, 7) is 2.53. The van der Waals surface area contributed by atoms with Gasteiger partial charge in [0.05, 0.1) is 35.8 Å². The van der Waals surface area contributed by atoms with E-state index in [-0.39, 0.29) is 35.4 Å². The molecule has 6 nitrogen and oxygen atoms in total. The van der Waals surface area contributed by atoms with Crippen LogP contribution < -0.4 is 5.73 Å². The van der Waals surface area contributed by atoms with Crippen LogP contribution in [0, 0.1) is 12.7 Å². The number of nitrogen functional groups attached to an aromatic ring is 1. The van der Waals surface area contributed by atoms with Crippen molar-refractivity contribution in [2.24, 2.45) is 0 Å². The number of hydrogen-bond donors (Lipinski definition) is 2. The van der Waals surface area contributed by atoms with Gasteiger partial charge >= 0.3 is 6.18 Å². The second kappa shape index (κ2) is 6.65. The van der Waals surface area contributed by atoms with Gasteiger partial charge in [-0.25, -0.2) is 14.4 Å². The van der Waals surface area contributed by atoms with E-state index in [4.69, 9.17) is 5.73 Å². The van der Waals surface area contributed by atoms with Gasteiger partial charge in [0.2, 0.25) is 0 Å². The standard InChI is InChI=1S/C19H19F4N5O/c1-8(7-29)16-12-6-25-28(10-3-4-10)18(12)15(20)17(27-16)11-5-13(24)26-9(2)14(11)19(21,22)23/h5-6,8,10,29H,3-4,7H2,1-2H3,(H2,24,26). The Hall–Kier alpha value is -2.75. The van der Waals surface area contributed by atoms with Crippen LogP contribution in [0.4, 0.5) is 23.4 Å². The van der Waals surface area contributed by atoms with Crippen molar-refractivity contribution in [3.63, 3.8) is 0 Å². The molecule has 4 rings (SSSR count). The molecular weight excluding hydrogens is 390 g/mol. The van der Waals surface area contributed by atoms with Crippen LogP contribution in [0.5, 0.6) is 0 Å². The molecule has 0 radical (unpaired) electrons. The molecule has 0 aliphatic heterocycles. The number of nitrogens with two attached hydrogens (primary N) is 1. The molecule has 3 N–H and O–H groups in total. The summed E-state index contributed by atoms with van der Waals surface area (Å²) in [6, 6.07) is 0.985. The number of nitrogens with zero attached hydrogens (tertiary/aromatic N) is 4. The van der Waals surface area contributed by atoms with Crippen molar-refractivity contribution in [3.8, 4) is 11.3 Å². The number of rotatable bonds is 4. The average Bonchev–Trinajstić information content (AvgIpc) is 3.38. The molecule has 29 heavy (non-hydrogen) atoms. The van der Waals surface area contributed by atoms with Gasteiger partial charge in [-0.2, -0.15) is 18.3 Å². The van der Waals surface area contributed by atoms with Gasteiger partial charge in [0.25, 0.3) is 0 Å². The van der Waals surface area contributed by atoms with Crippen molar-refractivity contribution in [1.29, 1.82) is 0 Å². The second-order valence-corrected chi connectivity index (χ2v) is 7.38. The van der Waals surface area contributed by atoms with E-state index in [2.05, 4.69) is 15.1 Å². The van der Waals surface area contributed by atoms with Crippen molar-refractivity contribution in [2.75, 3.05) is 12.3 Å². The van der Waals surface area contributed by atoms with Gasteiger partial charge in [0.15, 0.2) is 5.82 Å². The minimum absolute atomic E-state index is 0.000801. The number of aliphatic hydroxyl groups excluding tert-OH is 1. The summed E-state index contributed by atoms with van der Waals surface area (Å²) in [5, 5.41) is 14.2. The summed E-state index contributed by atoms with van der Waals surface area (Å²) in [4.78, 5) is 7.91. The molecule has 0 aromatic carbocycles. The molecule has 1 fully saturated rings. The molecular formula is C19H19F4N5O. The molecule has 0 amide bonds. The third-order valence-corrected chi connectivity index (χ3v) is 5.11. The monoisotopic (exact) mass is 409 g/mol. The molecule has 10 heteroatoms. The lowest BCUT2D eigenvalue weighted by atomic mass is 9.98. The first kappa shape index (κ1) is 19.6. The summed E-state index contributed by atoms with van der Waals surface area (Å²) in [5.41, 5.74) is 3.66. The molecule has 1 saturated carbocycles. The van der Waals surface area contributed by atoms with E-state index in [0.29, 0.717) is 5.39 Å². The Balaban J connectivity index is 2.10. The lowest BCUT2D eigenvalue weighted by Crippen LogP contribution is -2.14. The van der Waals surface area contributed by atoms with Crippen LogP contribution in [-0.4, -0.2) is 31.5 Å². The number of aryl methyl sites for hydroxylation is 1. The van der Waals surface area contributed by atoms with Crippen LogP contribution in [-0.2, 0) is 6.18 Å². The van der Waals surface area contributed by atoms with E-state index in [1.54, 1.807) is 6.92 Å². The quantitative estimate of drug-likeness (QED) is 0.637. The van der Waals surface area contributed by atoms with Crippen molar-refractivity contribution in [2.45, 2.75) is 44.8 Å². The first-order valence-electron chi connectivity index (χ1n) is 9.15. The molecule has 0 saturated heterocycles. The number of pyridine rings is 2. The van der Waals surface area contributed by atoms with Gasteiger partial charge in [0.1, 0.15) is 17.0 Å². The molecule has 0 bridgehead atoms. The van der Waals surface area contributed by atoms with Crippen LogP contribution >= 0.6 is 0 Å². The largest absolute Gasteiger partial charge is 0.418 e. The Kier molecular flexibility index (Phi) is 4.49. The van der Waals surface area contributed by atoms with E-state index < -0.39 is 34.7 Å². The summed E-state index contributed by atoms with van der Waals surface area (Å²) in [6.07, 6.45) is -1.70. The molecule has 1 aliphatic carbocycles. The highest BCUT2D eigenvalue weighted by Gasteiger charge is 2.39. The predicted molar refractivity (Wildman–Crippen MR) is 98.6 cm³/mol. The zero-order chi connectivity index (χ0) is 21.1. The third kappa shape index (κ3) is 3.21. The minimum Gasteiger partial charge on any atom is -0.396 e. The fraction of sp³-hybridized carbons (Fsp3) is 0.421. The highest BCUT2D eigenvalue weighted by Crippen LogP contribution is 2.43. The lowest BCUT2D eigenvalue weighted by molar-refractivity contribution is -0.137. The minimum atomic E-state index is -4.78. The maximum absolute atomic E-state index is 15.6. The van der Waals surface area contributed by atoms with Crippen molar-refractivity contribution in [1.82, 2.24) is 19.7 Å². The maximum atomic E-state index is 15.6. The second-order valence-electron chi connectivity index (χ2n) is 7.38. The van der Waals surface area contributed by atoms with E-state index in [1.165, 1.54) is 17.8 Å². The van der Waals surface area contributed by atoms with Gasteiger partial charge in [0, 0.05) is 16.9 Å². The number of aromatic nitrogens is 4. The van der Waals surface area contributed by atoms with E-state index in [0.717, 1.165) is 18.9 Å². The zero-order valence-electron chi connectivity index (χ0n) is 15.8. The van der Waals surface area contributed by atoms with Gasteiger partial charge in [-0.1, -0.05) is 6.92 Å². The number of alkyl halides is 3. The predicted octanol–water partition coefficient (Wildman–Crippen LogP) is 3.97. The van der Waals surface area contributed by atoms with Crippen LogP contribution in [0.2, 0.25) is 0 Å². The summed E-state index contributed by atoms with van der Waals surface area (Å²) >= 11 is 0. The van der Waals surface area contributed by atoms with Crippen molar-refractivity contribution < 1.29 is 22.7 Å². The maximum Gasteiger partial charge on any atom is 0.418 e. The fourth-order valence-electron chi connectivity index (χ4n) is 3.59. The number of aliphatic hydroxyl groups is 1. The normalized spacial score (nSPS) is 15.8. The third-order valence-electron chi connectivity index (χ3n) is 5.11. The smallest absolute Gasteiger partial charge is 0.396 e. The van der Waals surface area contributed by atoms with Gasteiger partial charge < -0.3 is 10.8 Å². The molecule has 154 valence electrons. The Morgan fingerprint density at radius 1 is 1.31 bits per heavy atom. The van der Waals surface area contributed by atoms with E-state index in [1.807, 2.05) is 0 Å². The summed E-state index contributed by atoms with van der Waals surface area (Å²) in [5.74, 6) is -1.59. The molecule has 3 aromatic heterocycles. The van der Waals surface area contributed by atoms with E-state index >= 15 is 4.39 Å². The zero-order valence-corrected chi connectivity index (χ0v) is 15.8. The molecule has 1 atom stereocenters. The highest BCUT2D eigenvalue weighted by atomic mass is 19.4. The van der Waals surface area contributed by atoms with Crippen LogP contribution in [0.15, 0.2) is 12.3 Å². The number of halogens is 4. The first-order chi connectivity index (χ1) is 13.6. The Bertz CT molecular complexity index is 1100.